The van der Waals surface area contributed by atoms with Crippen LogP contribution in [0.3, 0.4) is 0 Å². The molecule has 1 atom stereocenters. The molecular formula is C29H34FN5O4. The standard InChI is InChI=1S/C29H34FN5O4/c1-20-18-34(14-15-35(20)28(37)39-29(2,3)4)19-23-9-10-24(17-31-23)33(5)27(36)21-6-13-26(32-16-21)38-25-11-7-22(30)8-12-25/h6-13,16-17,20H,14-15,18-19H2,1-5H3/t20-/m0/s1. The van der Waals surface area contributed by atoms with E-state index in [2.05, 4.69) is 14.9 Å². The van der Waals surface area contributed by atoms with Gasteiger partial charge in [0.15, 0.2) is 0 Å². The van der Waals surface area contributed by atoms with Crippen molar-refractivity contribution in [3.8, 4) is 11.6 Å². The zero-order valence-corrected chi connectivity index (χ0v) is 22.9. The third kappa shape index (κ3) is 7.51. The van der Waals surface area contributed by atoms with E-state index in [1.54, 1.807) is 30.3 Å². The number of piperazine rings is 1. The second-order valence-corrected chi connectivity index (χ2v) is 10.6. The Bertz CT molecular complexity index is 1280. The molecule has 4 rings (SSSR count). The van der Waals surface area contributed by atoms with E-state index < -0.39 is 5.60 Å². The number of amides is 2. The summed E-state index contributed by atoms with van der Waals surface area (Å²) in [6.45, 7) is 10.3. The van der Waals surface area contributed by atoms with Gasteiger partial charge in [0, 0.05) is 51.5 Å². The van der Waals surface area contributed by atoms with Gasteiger partial charge in [0.2, 0.25) is 5.88 Å². The van der Waals surface area contributed by atoms with Crippen LogP contribution in [0.25, 0.3) is 0 Å². The highest BCUT2D eigenvalue weighted by atomic mass is 19.1. The molecule has 1 aliphatic heterocycles. The van der Waals surface area contributed by atoms with Crippen molar-refractivity contribution in [3.05, 3.63) is 78.0 Å². The van der Waals surface area contributed by atoms with Crippen LogP contribution in [0.1, 0.15) is 43.7 Å². The highest BCUT2D eigenvalue weighted by Crippen LogP contribution is 2.22. The molecule has 0 radical (unpaired) electrons. The molecule has 2 aromatic heterocycles. The first-order valence-electron chi connectivity index (χ1n) is 12.8. The maximum Gasteiger partial charge on any atom is 0.410 e. The minimum Gasteiger partial charge on any atom is -0.444 e. The van der Waals surface area contributed by atoms with Crippen molar-refractivity contribution >= 4 is 17.7 Å². The Morgan fingerprint density at radius 2 is 1.77 bits per heavy atom. The van der Waals surface area contributed by atoms with Crippen LogP contribution in [0.2, 0.25) is 0 Å². The van der Waals surface area contributed by atoms with Crippen LogP contribution in [0.4, 0.5) is 14.9 Å². The number of nitrogens with zero attached hydrogens (tertiary/aromatic N) is 5. The number of halogens is 1. The Morgan fingerprint density at radius 1 is 1.03 bits per heavy atom. The largest absolute Gasteiger partial charge is 0.444 e. The summed E-state index contributed by atoms with van der Waals surface area (Å²) in [7, 11) is 1.68. The molecule has 1 saturated heterocycles. The number of rotatable bonds is 6. The van der Waals surface area contributed by atoms with Crippen LogP contribution < -0.4 is 9.64 Å². The number of benzene rings is 1. The smallest absolute Gasteiger partial charge is 0.410 e. The van der Waals surface area contributed by atoms with E-state index in [9.17, 15) is 14.0 Å². The minimum absolute atomic E-state index is 0.0257. The van der Waals surface area contributed by atoms with Crippen LogP contribution in [0.5, 0.6) is 11.6 Å². The fourth-order valence-corrected chi connectivity index (χ4v) is 4.21. The Morgan fingerprint density at radius 3 is 2.36 bits per heavy atom. The second-order valence-electron chi connectivity index (χ2n) is 10.6. The summed E-state index contributed by atoms with van der Waals surface area (Å²) in [5.74, 6) is 0.158. The Labute approximate surface area is 228 Å². The van der Waals surface area contributed by atoms with Crippen molar-refractivity contribution < 1.29 is 23.5 Å². The maximum atomic E-state index is 13.1. The molecule has 206 valence electrons. The molecule has 0 bridgehead atoms. The van der Waals surface area contributed by atoms with E-state index in [-0.39, 0.29) is 23.9 Å². The number of hydrogen-bond acceptors (Lipinski definition) is 7. The molecule has 0 N–H and O–H groups in total. The number of pyridine rings is 2. The van der Waals surface area contributed by atoms with Gasteiger partial charge in [-0.15, -0.1) is 0 Å². The fraction of sp³-hybridized carbons (Fsp3) is 0.379. The van der Waals surface area contributed by atoms with Gasteiger partial charge in [0.05, 0.1) is 23.1 Å². The fourth-order valence-electron chi connectivity index (χ4n) is 4.21. The van der Waals surface area contributed by atoms with Gasteiger partial charge in [0.1, 0.15) is 17.2 Å². The molecule has 3 aromatic rings. The Kier molecular flexibility index (Phi) is 8.44. The lowest BCUT2D eigenvalue weighted by atomic mass is 10.1. The lowest BCUT2D eigenvalue weighted by Gasteiger charge is -2.40. The molecular weight excluding hydrogens is 501 g/mol. The number of anilines is 1. The molecule has 0 aliphatic carbocycles. The van der Waals surface area contributed by atoms with Crippen molar-refractivity contribution in [1.29, 1.82) is 0 Å². The molecule has 9 nitrogen and oxygen atoms in total. The average molecular weight is 536 g/mol. The van der Waals surface area contributed by atoms with E-state index in [1.807, 2.05) is 39.8 Å². The quantitative estimate of drug-likeness (QED) is 0.433. The van der Waals surface area contributed by atoms with Crippen molar-refractivity contribution in [2.45, 2.75) is 45.9 Å². The van der Waals surface area contributed by atoms with Gasteiger partial charge in [-0.05, 0) is 70.2 Å². The minimum atomic E-state index is -0.520. The van der Waals surface area contributed by atoms with Crippen LogP contribution in [0, 0.1) is 5.82 Å². The topological polar surface area (TPSA) is 88.1 Å². The van der Waals surface area contributed by atoms with Crippen molar-refractivity contribution in [1.82, 2.24) is 19.8 Å². The monoisotopic (exact) mass is 535 g/mol. The summed E-state index contributed by atoms with van der Waals surface area (Å²) < 4.78 is 24.2. The van der Waals surface area contributed by atoms with Crippen LogP contribution in [0.15, 0.2) is 60.9 Å². The summed E-state index contributed by atoms with van der Waals surface area (Å²) in [5.41, 5.74) is 1.40. The number of carbonyl (C=O) groups is 2. The summed E-state index contributed by atoms with van der Waals surface area (Å²) in [4.78, 5) is 39.7. The number of aromatic nitrogens is 2. The lowest BCUT2D eigenvalue weighted by molar-refractivity contribution is 0.000425. The molecule has 1 fully saturated rings. The predicted molar refractivity (Wildman–Crippen MR) is 145 cm³/mol. The average Bonchev–Trinajstić information content (AvgIpc) is 2.89. The van der Waals surface area contributed by atoms with E-state index in [1.165, 1.54) is 35.4 Å². The molecule has 0 spiro atoms. The third-order valence-electron chi connectivity index (χ3n) is 6.25. The van der Waals surface area contributed by atoms with Gasteiger partial charge in [-0.1, -0.05) is 0 Å². The molecule has 0 unspecified atom stereocenters. The van der Waals surface area contributed by atoms with Crippen molar-refractivity contribution in [2.75, 3.05) is 31.6 Å². The second kappa shape index (κ2) is 11.8. The number of carbonyl (C=O) groups excluding carboxylic acids is 2. The van der Waals surface area contributed by atoms with Gasteiger partial charge >= 0.3 is 6.09 Å². The van der Waals surface area contributed by atoms with E-state index in [0.29, 0.717) is 36.0 Å². The zero-order chi connectivity index (χ0) is 28.2. The van der Waals surface area contributed by atoms with E-state index >= 15 is 0 Å². The molecule has 1 aliphatic rings. The van der Waals surface area contributed by atoms with Crippen molar-refractivity contribution in [3.63, 3.8) is 0 Å². The Hall–Kier alpha value is -4.05. The van der Waals surface area contributed by atoms with Gasteiger partial charge in [-0.25, -0.2) is 14.2 Å². The molecule has 39 heavy (non-hydrogen) atoms. The van der Waals surface area contributed by atoms with Gasteiger partial charge < -0.3 is 19.3 Å². The number of hydrogen-bond donors (Lipinski definition) is 0. The first-order chi connectivity index (χ1) is 18.5. The Balaban J connectivity index is 1.30. The number of ether oxygens (including phenoxy) is 2. The molecule has 2 amide bonds. The predicted octanol–water partition coefficient (Wildman–Crippen LogP) is 5.13. The molecule has 0 saturated carbocycles. The molecule has 3 heterocycles. The summed E-state index contributed by atoms with van der Waals surface area (Å²) in [6, 6.07) is 12.6. The summed E-state index contributed by atoms with van der Waals surface area (Å²) >= 11 is 0. The van der Waals surface area contributed by atoms with Gasteiger partial charge in [-0.2, -0.15) is 0 Å². The third-order valence-corrected chi connectivity index (χ3v) is 6.25. The molecule has 1 aromatic carbocycles. The highest BCUT2D eigenvalue weighted by molar-refractivity contribution is 6.05. The normalized spacial score (nSPS) is 16.1. The van der Waals surface area contributed by atoms with Gasteiger partial charge in [0.25, 0.3) is 5.91 Å². The SMILES string of the molecule is C[C@H]1CN(Cc2ccc(N(C)C(=O)c3ccc(Oc4ccc(F)cc4)nc3)cn2)CCN1C(=O)OC(C)(C)C. The summed E-state index contributed by atoms with van der Waals surface area (Å²) in [6.07, 6.45) is 2.83. The highest BCUT2D eigenvalue weighted by Gasteiger charge is 2.31. The van der Waals surface area contributed by atoms with Crippen LogP contribution >= 0.6 is 0 Å². The van der Waals surface area contributed by atoms with Crippen LogP contribution in [-0.2, 0) is 11.3 Å². The van der Waals surface area contributed by atoms with Crippen LogP contribution in [-0.4, -0.2) is 70.1 Å². The zero-order valence-electron chi connectivity index (χ0n) is 22.9. The first kappa shape index (κ1) is 28.0. The first-order valence-corrected chi connectivity index (χ1v) is 12.8. The summed E-state index contributed by atoms with van der Waals surface area (Å²) in [5, 5.41) is 0. The van der Waals surface area contributed by atoms with Gasteiger partial charge in [-0.3, -0.25) is 14.7 Å². The van der Waals surface area contributed by atoms with Crippen molar-refractivity contribution in [2.24, 2.45) is 0 Å². The maximum absolute atomic E-state index is 13.1. The van der Waals surface area contributed by atoms with E-state index in [0.717, 1.165) is 18.8 Å². The van der Waals surface area contributed by atoms with E-state index in [4.69, 9.17) is 9.47 Å². The molecule has 10 heteroatoms. The lowest BCUT2D eigenvalue weighted by Crippen LogP contribution is -2.54.